The standard InChI is InChI=1S/C50H62N6O5/c1-4-60-34-52-49(39-12-16-46-38(28-39)13-18-48(53-46)58-2)42-8-6-25-56(32-42)47-17-14-44(57)29-43(47)33-61-45-15-11-36-27-40(10-9-37(36)30-45)50(54-59-3)41-7-5-24-55(31-41)26-21-35-19-22-51-23-20-35/h9-13,15-16,18-20,22-23,27-28,30,41-44,47,57H,4-8,14,17,21,24-26,29,31-34H2,1-3H3/b52-49-,54-50-. The van der Waals surface area contributed by atoms with Crippen LogP contribution in [0.1, 0.15) is 68.6 Å². The zero-order chi connectivity index (χ0) is 42.0. The van der Waals surface area contributed by atoms with Gasteiger partial charge in [0.05, 0.1) is 31.0 Å². The summed E-state index contributed by atoms with van der Waals surface area (Å²) in [6, 6.07) is 27.9. The maximum absolute atomic E-state index is 10.9. The third-order valence-corrected chi connectivity index (χ3v) is 13.0. The molecule has 5 atom stereocenters. The first-order valence-electron chi connectivity index (χ1n) is 22.4. The number of rotatable bonds is 16. The van der Waals surface area contributed by atoms with Crippen molar-refractivity contribution in [1.29, 1.82) is 0 Å². The Hall–Kier alpha value is -4.94. The van der Waals surface area contributed by atoms with Crippen molar-refractivity contribution < 1.29 is 24.2 Å². The van der Waals surface area contributed by atoms with Crippen molar-refractivity contribution in [3.05, 3.63) is 108 Å². The highest BCUT2D eigenvalue weighted by molar-refractivity contribution is 6.05. The molecule has 0 amide bonds. The molecule has 5 aromatic rings. The summed E-state index contributed by atoms with van der Waals surface area (Å²) in [6.07, 6.45) is 11.3. The predicted molar refractivity (Wildman–Crippen MR) is 243 cm³/mol. The van der Waals surface area contributed by atoms with Gasteiger partial charge in [-0.3, -0.25) is 14.9 Å². The molecule has 8 rings (SSSR count). The Balaban J connectivity index is 0.931. The van der Waals surface area contributed by atoms with Crippen LogP contribution in [0, 0.1) is 17.8 Å². The van der Waals surface area contributed by atoms with Gasteiger partial charge in [0.25, 0.3) is 0 Å². The van der Waals surface area contributed by atoms with Crippen LogP contribution in [0.3, 0.4) is 0 Å². The van der Waals surface area contributed by atoms with Crippen molar-refractivity contribution in [1.82, 2.24) is 19.8 Å². The maximum atomic E-state index is 10.9. The van der Waals surface area contributed by atoms with Crippen molar-refractivity contribution in [3.63, 3.8) is 0 Å². The van der Waals surface area contributed by atoms with E-state index in [0.717, 1.165) is 134 Å². The first kappa shape index (κ1) is 42.7. The summed E-state index contributed by atoms with van der Waals surface area (Å²) in [5, 5.41) is 18.9. The lowest BCUT2D eigenvalue weighted by Gasteiger charge is -2.45. The van der Waals surface area contributed by atoms with E-state index < -0.39 is 0 Å². The number of aliphatic hydroxyl groups excluding tert-OH is 1. The van der Waals surface area contributed by atoms with Crippen LogP contribution >= 0.6 is 0 Å². The second kappa shape index (κ2) is 20.8. The van der Waals surface area contributed by atoms with Gasteiger partial charge in [-0.05, 0) is 142 Å². The van der Waals surface area contributed by atoms with Crippen molar-refractivity contribution in [2.45, 2.75) is 70.4 Å². The van der Waals surface area contributed by atoms with Crippen LogP contribution in [-0.4, -0.2) is 115 Å². The van der Waals surface area contributed by atoms with Crippen LogP contribution in [0.4, 0.5) is 0 Å². The number of oxime groups is 1. The lowest BCUT2D eigenvalue weighted by molar-refractivity contribution is 0.00207. The summed E-state index contributed by atoms with van der Waals surface area (Å²) in [5.41, 5.74) is 6.55. The SMILES string of the molecule is CCOC/N=C(/c1ccc2nc(OC)ccc2c1)C1CCCN(C2CCC(O)CC2COc2ccc3cc(/C(=N/OC)C4CCCN(CCc5ccncc5)C4)ccc3c2)C1. The minimum atomic E-state index is -0.311. The van der Waals surface area contributed by atoms with Crippen molar-refractivity contribution in [2.24, 2.45) is 27.9 Å². The summed E-state index contributed by atoms with van der Waals surface area (Å²) in [5.74, 6) is 2.24. The summed E-state index contributed by atoms with van der Waals surface area (Å²) < 4.78 is 17.7. The van der Waals surface area contributed by atoms with Gasteiger partial charge in [0.2, 0.25) is 5.88 Å². The number of likely N-dealkylation sites (tertiary alicyclic amines) is 2. The summed E-state index contributed by atoms with van der Waals surface area (Å²) in [7, 11) is 3.29. The van der Waals surface area contributed by atoms with Gasteiger partial charge in [-0.1, -0.05) is 29.4 Å². The number of pyridine rings is 2. The lowest BCUT2D eigenvalue weighted by Crippen LogP contribution is -2.51. The van der Waals surface area contributed by atoms with Gasteiger partial charge in [-0.2, -0.15) is 0 Å². The van der Waals surface area contributed by atoms with E-state index in [9.17, 15) is 5.11 Å². The number of fused-ring (bicyclic) bond motifs is 2. The zero-order valence-corrected chi connectivity index (χ0v) is 36.1. The molecule has 2 saturated heterocycles. The molecule has 1 aliphatic carbocycles. The molecule has 3 aromatic carbocycles. The molecule has 11 heteroatoms. The first-order valence-corrected chi connectivity index (χ1v) is 22.4. The Morgan fingerprint density at radius 1 is 0.803 bits per heavy atom. The van der Waals surface area contributed by atoms with E-state index in [1.54, 1.807) is 14.2 Å². The Kier molecular flexibility index (Phi) is 14.5. The van der Waals surface area contributed by atoms with Crippen LogP contribution in [-0.2, 0) is 16.0 Å². The second-order valence-corrected chi connectivity index (χ2v) is 17.0. The van der Waals surface area contributed by atoms with E-state index in [0.29, 0.717) is 37.8 Å². The number of benzene rings is 3. The molecule has 5 unspecified atom stereocenters. The molecule has 2 aliphatic heterocycles. The van der Waals surface area contributed by atoms with Crippen molar-refractivity contribution in [2.75, 3.05) is 66.9 Å². The second-order valence-electron chi connectivity index (χ2n) is 17.0. The Bertz CT molecular complexity index is 2270. The normalized spacial score (nSPS) is 23.3. The average molecular weight is 827 g/mol. The average Bonchev–Trinajstić information content (AvgIpc) is 3.30. The number of aliphatic hydroxyl groups is 1. The quantitative estimate of drug-likeness (QED) is 0.0598. The monoisotopic (exact) mass is 826 g/mol. The molecule has 1 N–H and O–H groups in total. The van der Waals surface area contributed by atoms with E-state index in [1.807, 2.05) is 25.4 Å². The predicted octanol–water partition coefficient (Wildman–Crippen LogP) is 8.20. The number of aromatic nitrogens is 2. The largest absolute Gasteiger partial charge is 0.493 e. The number of hydrogen-bond donors (Lipinski definition) is 1. The molecule has 11 nitrogen and oxygen atoms in total. The van der Waals surface area contributed by atoms with Crippen LogP contribution < -0.4 is 9.47 Å². The van der Waals surface area contributed by atoms with Crippen molar-refractivity contribution >= 4 is 33.1 Å². The fourth-order valence-corrected chi connectivity index (χ4v) is 9.91. The Labute approximate surface area is 360 Å². The minimum absolute atomic E-state index is 0.207. The Morgan fingerprint density at radius 3 is 2.39 bits per heavy atom. The third-order valence-electron chi connectivity index (χ3n) is 13.0. The number of ether oxygens (including phenoxy) is 3. The molecule has 4 heterocycles. The molecule has 3 fully saturated rings. The topological polar surface area (TPSA) is 114 Å². The first-order chi connectivity index (χ1) is 30.0. The highest BCUT2D eigenvalue weighted by Gasteiger charge is 2.37. The van der Waals surface area contributed by atoms with Crippen LogP contribution in [0.5, 0.6) is 11.6 Å². The van der Waals surface area contributed by atoms with E-state index in [2.05, 4.69) is 97.7 Å². The molecule has 0 bridgehead atoms. The van der Waals surface area contributed by atoms with E-state index >= 15 is 0 Å². The van der Waals surface area contributed by atoms with E-state index in [-0.39, 0.29) is 17.9 Å². The molecule has 0 radical (unpaired) electrons. The summed E-state index contributed by atoms with van der Waals surface area (Å²) >= 11 is 0. The number of hydrogen-bond acceptors (Lipinski definition) is 11. The van der Waals surface area contributed by atoms with Crippen LogP contribution in [0.25, 0.3) is 21.7 Å². The van der Waals surface area contributed by atoms with Gasteiger partial charge in [0, 0.05) is 85.2 Å². The molecule has 3 aliphatic rings. The fourth-order valence-electron chi connectivity index (χ4n) is 9.91. The van der Waals surface area contributed by atoms with Crippen LogP contribution in [0.15, 0.2) is 101 Å². The maximum Gasteiger partial charge on any atom is 0.213 e. The number of nitrogens with zero attached hydrogens (tertiary/aromatic N) is 6. The molecule has 2 aromatic heterocycles. The van der Waals surface area contributed by atoms with E-state index in [1.165, 1.54) is 5.56 Å². The molecular formula is C50H62N6O5. The molecule has 1 saturated carbocycles. The highest BCUT2D eigenvalue weighted by Crippen LogP contribution is 2.35. The molecular weight excluding hydrogens is 765 g/mol. The fraction of sp³-hybridized carbons (Fsp3) is 0.480. The number of aliphatic imine (C=N–C) groups is 1. The van der Waals surface area contributed by atoms with Gasteiger partial charge < -0.3 is 29.1 Å². The Morgan fingerprint density at radius 2 is 1.56 bits per heavy atom. The number of methoxy groups -OCH3 is 1. The molecule has 322 valence electrons. The van der Waals surface area contributed by atoms with Gasteiger partial charge in [0.15, 0.2) is 0 Å². The van der Waals surface area contributed by atoms with Gasteiger partial charge >= 0.3 is 0 Å². The van der Waals surface area contributed by atoms with Gasteiger partial charge in [-0.15, -0.1) is 0 Å². The van der Waals surface area contributed by atoms with Gasteiger partial charge in [-0.25, -0.2) is 4.98 Å². The summed E-state index contributed by atoms with van der Waals surface area (Å²) in [4.78, 5) is 24.5. The minimum Gasteiger partial charge on any atom is -0.493 e. The third kappa shape index (κ3) is 10.8. The molecule has 0 spiro atoms. The number of piperidine rings is 2. The van der Waals surface area contributed by atoms with Gasteiger partial charge in [0.1, 0.15) is 19.6 Å². The highest BCUT2D eigenvalue weighted by atomic mass is 16.6. The lowest BCUT2D eigenvalue weighted by atomic mass is 9.80. The zero-order valence-electron chi connectivity index (χ0n) is 36.1. The summed E-state index contributed by atoms with van der Waals surface area (Å²) in [6.45, 7) is 8.57. The van der Waals surface area contributed by atoms with E-state index in [4.69, 9.17) is 24.0 Å². The van der Waals surface area contributed by atoms with Crippen molar-refractivity contribution in [3.8, 4) is 11.6 Å². The molecule has 61 heavy (non-hydrogen) atoms. The van der Waals surface area contributed by atoms with Crippen LogP contribution in [0.2, 0.25) is 0 Å². The smallest absolute Gasteiger partial charge is 0.213 e.